The number of aliphatic hydroxyl groups is 1. The van der Waals surface area contributed by atoms with Gasteiger partial charge in [-0.25, -0.2) is 0 Å². The van der Waals surface area contributed by atoms with E-state index in [-0.39, 0.29) is 0 Å². The van der Waals surface area contributed by atoms with E-state index >= 15 is 0 Å². The van der Waals surface area contributed by atoms with Gasteiger partial charge < -0.3 is 5.11 Å². The summed E-state index contributed by atoms with van der Waals surface area (Å²) in [7, 11) is 0. The van der Waals surface area contributed by atoms with Gasteiger partial charge in [-0.05, 0) is 11.6 Å². The summed E-state index contributed by atoms with van der Waals surface area (Å²) in [5.41, 5.74) is 1.83. The van der Waals surface area contributed by atoms with Gasteiger partial charge in [0.1, 0.15) is 5.76 Å². The molecule has 0 aliphatic heterocycles. The van der Waals surface area contributed by atoms with Crippen LogP contribution in [-0.2, 0) is 0 Å². The molecule has 0 aromatic heterocycles. The highest BCUT2D eigenvalue weighted by molar-refractivity contribution is 5.76. The maximum Gasteiger partial charge on any atom is 0.123 e. The van der Waals surface area contributed by atoms with Crippen LogP contribution in [0.5, 0.6) is 0 Å². The predicted octanol–water partition coefficient (Wildman–Crippen LogP) is 3.74. The highest BCUT2D eigenvalue weighted by Crippen LogP contribution is 2.14. The van der Waals surface area contributed by atoms with E-state index in [9.17, 15) is 5.11 Å². The van der Waals surface area contributed by atoms with Gasteiger partial charge in [0.15, 0.2) is 0 Å². The van der Waals surface area contributed by atoms with Crippen LogP contribution in [0.1, 0.15) is 11.1 Å². The third-order valence-corrected chi connectivity index (χ3v) is 2.17. The molecule has 74 valence electrons. The minimum atomic E-state index is 0.293. The predicted molar refractivity (Wildman–Crippen MR) is 63.4 cm³/mol. The van der Waals surface area contributed by atoms with Gasteiger partial charge >= 0.3 is 0 Å². The van der Waals surface area contributed by atoms with E-state index < -0.39 is 0 Å². The van der Waals surface area contributed by atoms with E-state index in [1.54, 1.807) is 6.08 Å². The highest BCUT2D eigenvalue weighted by Gasteiger charge is 1.96. The van der Waals surface area contributed by atoms with Gasteiger partial charge in [-0.3, -0.25) is 0 Å². The van der Waals surface area contributed by atoms with Crippen LogP contribution in [0.25, 0.3) is 11.8 Å². The van der Waals surface area contributed by atoms with Crippen LogP contribution >= 0.6 is 0 Å². The molecule has 0 heterocycles. The van der Waals surface area contributed by atoms with Gasteiger partial charge in [0, 0.05) is 5.56 Å². The van der Waals surface area contributed by atoms with Crippen LogP contribution in [0, 0.1) is 0 Å². The summed E-state index contributed by atoms with van der Waals surface area (Å²) in [4.78, 5) is 0. The van der Waals surface area contributed by atoms with Crippen molar-refractivity contribution in [2.24, 2.45) is 0 Å². The number of hydrogen-bond acceptors (Lipinski definition) is 1. The molecular formula is C14H12O. The first-order chi connectivity index (χ1) is 7.36. The summed E-state index contributed by atoms with van der Waals surface area (Å²) in [6.45, 7) is 0. The minimum absolute atomic E-state index is 0.293. The van der Waals surface area contributed by atoms with E-state index in [1.807, 2.05) is 60.7 Å². The maximum absolute atomic E-state index is 9.84. The summed E-state index contributed by atoms with van der Waals surface area (Å²) < 4.78 is 0. The molecule has 0 aliphatic rings. The molecule has 0 radical (unpaired) electrons. The molecule has 1 heteroatoms. The monoisotopic (exact) mass is 196 g/mol. The van der Waals surface area contributed by atoms with Crippen molar-refractivity contribution >= 4 is 11.8 Å². The van der Waals surface area contributed by atoms with E-state index in [0.29, 0.717) is 5.76 Å². The summed E-state index contributed by atoms with van der Waals surface area (Å²) in [6.07, 6.45) is 1.76. The molecule has 15 heavy (non-hydrogen) atoms. The van der Waals surface area contributed by atoms with Crippen LogP contribution in [0.3, 0.4) is 0 Å². The quantitative estimate of drug-likeness (QED) is 0.573. The average Bonchev–Trinajstić information content (AvgIpc) is 2.31. The van der Waals surface area contributed by atoms with Crippen molar-refractivity contribution in [3.05, 3.63) is 71.8 Å². The van der Waals surface area contributed by atoms with Crippen LogP contribution < -0.4 is 0 Å². The molecule has 2 rings (SSSR count). The van der Waals surface area contributed by atoms with Gasteiger partial charge in [-0.2, -0.15) is 0 Å². The highest BCUT2D eigenvalue weighted by atomic mass is 16.3. The second-order valence-corrected chi connectivity index (χ2v) is 3.31. The molecule has 2 aromatic rings. The van der Waals surface area contributed by atoms with E-state index in [1.165, 1.54) is 0 Å². The minimum Gasteiger partial charge on any atom is -0.507 e. The third-order valence-electron chi connectivity index (χ3n) is 2.17. The Labute approximate surface area is 89.3 Å². The molecule has 0 spiro atoms. The maximum atomic E-state index is 9.84. The van der Waals surface area contributed by atoms with Crippen LogP contribution in [0.15, 0.2) is 60.7 Å². The lowest BCUT2D eigenvalue weighted by Gasteiger charge is -1.99. The fourth-order valence-corrected chi connectivity index (χ4v) is 1.40. The Bertz CT molecular complexity index is 443. The molecule has 1 nitrogen and oxygen atoms in total. The Morgan fingerprint density at radius 2 is 1.33 bits per heavy atom. The smallest absolute Gasteiger partial charge is 0.123 e. The Hall–Kier alpha value is -2.02. The van der Waals surface area contributed by atoms with Crippen molar-refractivity contribution in [2.75, 3.05) is 0 Å². The molecule has 0 aliphatic carbocycles. The number of aliphatic hydroxyl groups excluding tert-OH is 1. The summed E-state index contributed by atoms with van der Waals surface area (Å²) in [5.74, 6) is 0.293. The zero-order valence-electron chi connectivity index (χ0n) is 8.30. The summed E-state index contributed by atoms with van der Waals surface area (Å²) in [5, 5.41) is 9.84. The van der Waals surface area contributed by atoms with Crippen molar-refractivity contribution in [2.45, 2.75) is 0 Å². The summed E-state index contributed by atoms with van der Waals surface area (Å²) >= 11 is 0. The first kappa shape index (κ1) is 9.53. The first-order valence-electron chi connectivity index (χ1n) is 4.87. The molecule has 0 bridgehead atoms. The number of hydrogen-bond donors (Lipinski definition) is 1. The molecule has 0 atom stereocenters. The second-order valence-electron chi connectivity index (χ2n) is 3.31. The lowest BCUT2D eigenvalue weighted by atomic mass is 10.1. The number of rotatable bonds is 2. The zero-order valence-corrected chi connectivity index (χ0v) is 8.30. The Morgan fingerprint density at radius 3 is 1.93 bits per heavy atom. The fourth-order valence-electron chi connectivity index (χ4n) is 1.40. The van der Waals surface area contributed by atoms with Crippen molar-refractivity contribution in [1.29, 1.82) is 0 Å². The molecule has 0 unspecified atom stereocenters. The normalized spacial score (nSPS) is 11.3. The topological polar surface area (TPSA) is 20.2 Å². The molecule has 0 saturated carbocycles. The lowest BCUT2D eigenvalue weighted by Crippen LogP contribution is -1.81. The van der Waals surface area contributed by atoms with Gasteiger partial charge in [-0.15, -0.1) is 0 Å². The van der Waals surface area contributed by atoms with Crippen molar-refractivity contribution < 1.29 is 5.11 Å². The van der Waals surface area contributed by atoms with E-state index in [4.69, 9.17) is 0 Å². The molecule has 2 aromatic carbocycles. The molecule has 0 saturated heterocycles. The van der Waals surface area contributed by atoms with Crippen molar-refractivity contribution in [1.82, 2.24) is 0 Å². The van der Waals surface area contributed by atoms with Crippen molar-refractivity contribution in [3.63, 3.8) is 0 Å². The fraction of sp³-hybridized carbons (Fsp3) is 0. The van der Waals surface area contributed by atoms with Gasteiger partial charge in [0.2, 0.25) is 0 Å². The molecule has 0 fully saturated rings. The first-order valence-corrected chi connectivity index (χ1v) is 4.87. The van der Waals surface area contributed by atoms with Gasteiger partial charge in [-0.1, -0.05) is 60.7 Å². The second kappa shape index (κ2) is 4.47. The SMILES string of the molecule is OC(=Cc1ccccc1)c1ccccc1. The Kier molecular flexibility index (Phi) is 2.84. The standard InChI is InChI=1S/C14H12O/c15-14(13-9-5-2-6-10-13)11-12-7-3-1-4-8-12/h1-11,15H. The molecule has 1 N–H and O–H groups in total. The van der Waals surface area contributed by atoms with E-state index in [0.717, 1.165) is 11.1 Å². The number of benzene rings is 2. The van der Waals surface area contributed by atoms with Gasteiger partial charge in [0.25, 0.3) is 0 Å². The Morgan fingerprint density at radius 1 is 0.800 bits per heavy atom. The van der Waals surface area contributed by atoms with Crippen LogP contribution in [0.2, 0.25) is 0 Å². The average molecular weight is 196 g/mol. The van der Waals surface area contributed by atoms with Crippen LogP contribution in [-0.4, -0.2) is 5.11 Å². The third kappa shape index (κ3) is 2.47. The van der Waals surface area contributed by atoms with Gasteiger partial charge in [0.05, 0.1) is 0 Å². The lowest BCUT2D eigenvalue weighted by molar-refractivity contribution is 0.515. The van der Waals surface area contributed by atoms with Crippen LogP contribution in [0.4, 0.5) is 0 Å². The Balaban J connectivity index is 2.29. The van der Waals surface area contributed by atoms with Crippen molar-refractivity contribution in [3.8, 4) is 0 Å². The molecular weight excluding hydrogens is 184 g/mol. The molecule has 0 amide bonds. The largest absolute Gasteiger partial charge is 0.507 e. The zero-order chi connectivity index (χ0) is 10.5. The van der Waals surface area contributed by atoms with E-state index in [2.05, 4.69) is 0 Å². The summed E-state index contributed by atoms with van der Waals surface area (Å²) in [6, 6.07) is 19.3.